The van der Waals surface area contributed by atoms with Gasteiger partial charge in [0, 0.05) is 55.1 Å². The Bertz CT molecular complexity index is 1510. The lowest BCUT2D eigenvalue weighted by Crippen LogP contribution is -2.36. The van der Waals surface area contributed by atoms with Gasteiger partial charge in [0.25, 0.3) is 6.43 Å². The first kappa shape index (κ1) is 25.5. The summed E-state index contributed by atoms with van der Waals surface area (Å²) in [5.41, 5.74) is 5.73. The summed E-state index contributed by atoms with van der Waals surface area (Å²) < 4.78 is 43.4. The number of imidazole rings is 1. The Balaban J connectivity index is 1.42. The zero-order valence-corrected chi connectivity index (χ0v) is 22.1. The SMILES string of the molecule is CC(=O)OCC(c1ncn2c1CCC2)n1cc2c(C(F)F)cc(-c3ccc(N4CCOCC4)cc3)c(C)c2n1. The highest BCUT2D eigenvalue weighted by Crippen LogP contribution is 2.38. The first-order valence-corrected chi connectivity index (χ1v) is 13.3. The number of benzene rings is 2. The zero-order valence-electron chi connectivity index (χ0n) is 22.1. The van der Waals surface area contributed by atoms with Crippen LogP contribution in [0.15, 0.2) is 42.9 Å². The smallest absolute Gasteiger partial charge is 0.302 e. The average Bonchev–Trinajstić information content (AvgIpc) is 3.67. The molecule has 8 nitrogen and oxygen atoms in total. The van der Waals surface area contributed by atoms with Crippen molar-refractivity contribution in [2.75, 3.05) is 37.8 Å². The molecule has 4 aromatic rings. The van der Waals surface area contributed by atoms with E-state index in [4.69, 9.17) is 14.6 Å². The maximum absolute atomic E-state index is 14.4. The third-order valence-electron chi connectivity index (χ3n) is 7.76. The average molecular weight is 536 g/mol. The molecule has 1 saturated heterocycles. The summed E-state index contributed by atoms with van der Waals surface area (Å²) in [5.74, 6) is -0.417. The van der Waals surface area contributed by atoms with Crippen molar-refractivity contribution in [3.8, 4) is 11.1 Å². The molecular weight excluding hydrogens is 504 g/mol. The van der Waals surface area contributed by atoms with E-state index in [1.54, 1.807) is 23.3 Å². The number of nitrogens with zero attached hydrogens (tertiary/aromatic N) is 5. The predicted molar refractivity (Wildman–Crippen MR) is 143 cm³/mol. The standard InChI is InChI=1S/C29H31F2N5O3/c1-18-22(20-5-7-21(8-6-20)34-10-12-38-13-11-34)14-23(29(30)31)24-15-36(33-27(18)24)26(16-39-19(2)37)28-25-4-3-9-35(25)17-32-28/h5-8,14-15,17,26,29H,3-4,9-13,16H2,1-2H3. The summed E-state index contributed by atoms with van der Waals surface area (Å²) in [6.07, 6.45) is 2.62. The molecule has 0 radical (unpaired) electrons. The van der Waals surface area contributed by atoms with Crippen molar-refractivity contribution in [1.82, 2.24) is 19.3 Å². The lowest BCUT2D eigenvalue weighted by Gasteiger charge is -2.29. The first-order chi connectivity index (χ1) is 18.9. The number of anilines is 1. The molecule has 2 aliphatic rings. The number of aromatic nitrogens is 4. The predicted octanol–water partition coefficient (Wildman–Crippen LogP) is 5.08. The van der Waals surface area contributed by atoms with E-state index in [9.17, 15) is 13.6 Å². The van der Waals surface area contributed by atoms with Gasteiger partial charge in [-0.2, -0.15) is 5.10 Å². The molecule has 0 aliphatic carbocycles. The minimum atomic E-state index is -2.68. The van der Waals surface area contributed by atoms with Crippen molar-refractivity contribution >= 4 is 22.6 Å². The number of hydrogen-bond acceptors (Lipinski definition) is 6. The molecule has 6 rings (SSSR count). The molecule has 4 heterocycles. The highest BCUT2D eigenvalue weighted by atomic mass is 19.3. The van der Waals surface area contributed by atoms with E-state index >= 15 is 0 Å². The number of hydrogen-bond donors (Lipinski definition) is 0. The molecule has 1 atom stereocenters. The molecule has 10 heteroatoms. The summed E-state index contributed by atoms with van der Waals surface area (Å²) in [7, 11) is 0. The summed E-state index contributed by atoms with van der Waals surface area (Å²) >= 11 is 0. The second-order valence-electron chi connectivity index (χ2n) is 10.1. The van der Waals surface area contributed by atoms with E-state index in [1.807, 2.05) is 31.2 Å². The number of carbonyl (C=O) groups is 1. The molecule has 0 bridgehead atoms. The van der Waals surface area contributed by atoms with Crippen LogP contribution in [-0.4, -0.2) is 58.2 Å². The van der Waals surface area contributed by atoms with Crippen LogP contribution in [0.2, 0.25) is 0 Å². The van der Waals surface area contributed by atoms with Crippen LogP contribution in [0, 0.1) is 6.92 Å². The van der Waals surface area contributed by atoms with Crippen LogP contribution in [0.4, 0.5) is 14.5 Å². The van der Waals surface area contributed by atoms with Crippen molar-refractivity contribution in [2.24, 2.45) is 0 Å². The molecule has 0 spiro atoms. The van der Waals surface area contributed by atoms with E-state index < -0.39 is 18.4 Å². The Morgan fingerprint density at radius 3 is 2.64 bits per heavy atom. The number of halogens is 2. The van der Waals surface area contributed by atoms with E-state index in [0.29, 0.717) is 24.1 Å². The van der Waals surface area contributed by atoms with Crippen LogP contribution >= 0.6 is 0 Å². The number of alkyl halides is 2. The third kappa shape index (κ3) is 4.78. The minimum Gasteiger partial charge on any atom is -0.463 e. The van der Waals surface area contributed by atoms with Crippen molar-refractivity contribution in [3.63, 3.8) is 0 Å². The van der Waals surface area contributed by atoms with Gasteiger partial charge in [0.1, 0.15) is 12.6 Å². The van der Waals surface area contributed by atoms with Gasteiger partial charge in [-0.25, -0.2) is 13.8 Å². The second kappa shape index (κ2) is 10.4. The molecule has 2 aromatic carbocycles. The van der Waals surface area contributed by atoms with Crippen molar-refractivity contribution < 1.29 is 23.0 Å². The van der Waals surface area contributed by atoms with Gasteiger partial charge in [-0.15, -0.1) is 0 Å². The molecule has 1 fully saturated rings. The Morgan fingerprint density at radius 1 is 1.15 bits per heavy atom. The quantitative estimate of drug-likeness (QED) is 0.307. The number of rotatable bonds is 7. The van der Waals surface area contributed by atoms with Gasteiger partial charge >= 0.3 is 5.97 Å². The number of morpholine rings is 1. The number of fused-ring (bicyclic) bond motifs is 2. The molecule has 0 N–H and O–H groups in total. The van der Waals surface area contributed by atoms with Crippen LogP contribution in [-0.2, 0) is 27.2 Å². The Hall–Kier alpha value is -3.79. The Morgan fingerprint density at radius 2 is 1.92 bits per heavy atom. The molecule has 204 valence electrons. The maximum atomic E-state index is 14.4. The lowest BCUT2D eigenvalue weighted by molar-refractivity contribution is -0.141. The van der Waals surface area contributed by atoms with Crippen molar-refractivity contribution in [3.05, 3.63) is 65.4 Å². The molecule has 0 amide bonds. The van der Waals surface area contributed by atoms with Crippen LogP contribution in [0.5, 0.6) is 0 Å². The van der Waals surface area contributed by atoms with Gasteiger partial charge in [-0.05, 0) is 54.7 Å². The van der Waals surface area contributed by atoms with Gasteiger partial charge in [-0.1, -0.05) is 12.1 Å². The van der Waals surface area contributed by atoms with Crippen LogP contribution in [0.25, 0.3) is 22.0 Å². The lowest BCUT2D eigenvalue weighted by atomic mass is 9.95. The van der Waals surface area contributed by atoms with Gasteiger partial charge in [0.2, 0.25) is 0 Å². The summed E-state index contributed by atoms with van der Waals surface area (Å²) in [4.78, 5) is 18.6. The molecule has 39 heavy (non-hydrogen) atoms. The molecule has 1 unspecified atom stereocenters. The monoisotopic (exact) mass is 535 g/mol. The third-order valence-corrected chi connectivity index (χ3v) is 7.76. The summed E-state index contributed by atoms with van der Waals surface area (Å²) in [6, 6.07) is 9.07. The van der Waals surface area contributed by atoms with Crippen LogP contribution in [0.3, 0.4) is 0 Å². The maximum Gasteiger partial charge on any atom is 0.302 e. The molecule has 2 aromatic heterocycles. The van der Waals surface area contributed by atoms with Gasteiger partial charge in [-0.3, -0.25) is 9.48 Å². The van der Waals surface area contributed by atoms with Gasteiger partial charge in [0.05, 0.1) is 30.8 Å². The first-order valence-electron chi connectivity index (χ1n) is 13.3. The van der Waals surface area contributed by atoms with E-state index in [-0.39, 0.29) is 12.2 Å². The normalized spacial score (nSPS) is 16.2. The molecule has 2 aliphatic heterocycles. The summed E-state index contributed by atoms with van der Waals surface area (Å²) in [5, 5.41) is 5.20. The van der Waals surface area contributed by atoms with Crippen molar-refractivity contribution in [2.45, 2.75) is 45.7 Å². The Kier molecular flexibility index (Phi) is 6.80. The fraction of sp³-hybridized carbons (Fsp3) is 0.414. The van der Waals surface area contributed by atoms with Crippen molar-refractivity contribution in [1.29, 1.82) is 0 Å². The second-order valence-corrected chi connectivity index (χ2v) is 10.1. The van der Waals surface area contributed by atoms with E-state index in [0.717, 1.165) is 66.2 Å². The summed E-state index contributed by atoms with van der Waals surface area (Å²) in [6.45, 7) is 7.20. The molecule has 0 saturated carbocycles. The van der Waals surface area contributed by atoms with E-state index in [2.05, 4.69) is 14.5 Å². The van der Waals surface area contributed by atoms with Crippen LogP contribution < -0.4 is 4.90 Å². The number of ether oxygens (including phenoxy) is 2. The highest BCUT2D eigenvalue weighted by Gasteiger charge is 2.28. The molecular formula is C29H31F2N5O3. The topological polar surface area (TPSA) is 74.4 Å². The minimum absolute atomic E-state index is 0.0201. The van der Waals surface area contributed by atoms with Crippen LogP contribution in [0.1, 0.15) is 48.3 Å². The largest absolute Gasteiger partial charge is 0.463 e. The number of aryl methyl sites for hydroxylation is 2. The van der Waals surface area contributed by atoms with Gasteiger partial charge in [0.15, 0.2) is 0 Å². The fourth-order valence-corrected chi connectivity index (χ4v) is 5.72. The zero-order chi connectivity index (χ0) is 27.1. The van der Waals surface area contributed by atoms with E-state index in [1.165, 1.54) is 6.92 Å². The highest BCUT2D eigenvalue weighted by molar-refractivity contribution is 5.91. The Labute approximate surface area is 225 Å². The fourth-order valence-electron chi connectivity index (χ4n) is 5.72. The number of esters is 1. The number of carbonyl (C=O) groups excluding carboxylic acids is 1. The van der Waals surface area contributed by atoms with Gasteiger partial charge < -0.3 is 18.9 Å².